The average Bonchev–Trinajstić information content (AvgIpc) is 3.16. The molecule has 0 unspecified atom stereocenters. The van der Waals surface area contributed by atoms with Gasteiger partial charge in [0.15, 0.2) is 0 Å². The van der Waals surface area contributed by atoms with E-state index < -0.39 is 0 Å². The lowest BCUT2D eigenvalue weighted by molar-refractivity contribution is 0.0286. The molecule has 0 amide bonds. The second-order valence-electron chi connectivity index (χ2n) is 9.61. The fraction of sp³-hybridized carbons (Fsp3) is 0.571. The number of anilines is 2. The Morgan fingerprint density at radius 1 is 1.14 bits per heavy atom. The average molecular weight is 501 g/mol. The Balaban J connectivity index is 1.28. The van der Waals surface area contributed by atoms with Crippen LogP contribution in [0.1, 0.15) is 38.8 Å². The molecule has 0 saturated carbocycles. The number of methoxy groups -OCH3 is 1. The molecule has 0 bridgehead atoms. The van der Waals surface area contributed by atoms with Gasteiger partial charge in [0.2, 0.25) is 0 Å². The van der Waals surface area contributed by atoms with E-state index in [0.717, 1.165) is 80.7 Å². The standard InChI is InChI=1S/C28H39ClN3O3/c1-5-22-17-27(26(29)18-30-22)31-13-11-25(12-14-31)35-24-9-7-23(8-10-24)32-19-28(20(2)21(32)3)34-16-6-15-33-4/h7-10,17-18,20-21,25,28H,3,5-6,11-16,19H2,1-2,4H3/t20-,21+,28-/m0/s1. The lowest BCUT2D eigenvalue weighted by Crippen LogP contribution is -2.38. The highest BCUT2D eigenvalue weighted by Gasteiger charge is 2.37. The van der Waals surface area contributed by atoms with Gasteiger partial charge < -0.3 is 24.0 Å². The molecular formula is C28H39ClN3O3. The normalized spacial score (nSPS) is 23.2. The molecule has 0 spiro atoms. The number of benzene rings is 1. The van der Waals surface area contributed by atoms with Crippen molar-refractivity contribution in [2.45, 2.75) is 57.8 Å². The van der Waals surface area contributed by atoms with Gasteiger partial charge in [-0.05, 0) is 50.1 Å². The number of hydrogen-bond donors (Lipinski definition) is 0. The third-order valence-corrected chi connectivity index (χ3v) is 7.59. The molecule has 2 aromatic rings. The Labute approximate surface area is 215 Å². The maximum atomic E-state index is 6.43. The molecular weight excluding hydrogens is 462 g/mol. The van der Waals surface area contributed by atoms with Crippen molar-refractivity contribution in [1.29, 1.82) is 0 Å². The summed E-state index contributed by atoms with van der Waals surface area (Å²) in [6.45, 7) is 12.9. The summed E-state index contributed by atoms with van der Waals surface area (Å²) in [5.74, 6) is 1.29. The van der Waals surface area contributed by atoms with Crippen molar-refractivity contribution >= 4 is 23.0 Å². The molecule has 1 aromatic heterocycles. The van der Waals surface area contributed by atoms with Crippen LogP contribution in [-0.2, 0) is 15.9 Å². The summed E-state index contributed by atoms with van der Waals surface area (Å²) in [5, 5.41) is 0.722. The first-order chi connectivity index (χ1) is 17.0. The van der Waals surface area contributed by atoms with Crippen LogP contribution in [0.3, 0.4) is 0 Å². The van der Waals surface area contributed by atoms with E-state index in [-0.39, 0.29) is 18.2 Å². The largest absolute Gasteiger partial charge is 0.490 e. The fourth-order valence-electron chi connectivity index (χ4n) is 5.00. The summed E-state index contributed by atoms with van der Waals surface area (Å²) < 4.78 is 17.6. The van der Waals surface area contributed by atoms with Gasteiger partial charge in [0.25, 0.3) is 0 Å². The highest BCUT2D eigenvalue weighted by molar-refractivity contribution is 6.33. The molecule has 1 radical (unpaired) electrons. The molecule has 3 heterocycles. The molecule has 0 aliphatic carbocycles. The van der Waals surface area contributed by atoms with Crippen molar-refractivity contribution < 1.29 is 14.2 Å². The number of aryl methyl sites for hydroxylation is 1. The van der Waals surface area contributed by atoms with Crippen LogP contribution in [0.2, 0.25) is 5.02 Å². The minimum Gasteiger partial charge on any atom is -0.490 e. The molecule has 6 nitrogen and oxygen atoms in total. The highest BCUT2D eigenvalue weighted by atomic mass is 35.5. The van der Waals surface area contributed by atoms with Crippen molar-refractivity contribution in [1.82, 2.24) is 4.98 Å². The first kappa shape index (κ1) is 26.1. The quantitative estimate of drug-likeness (QED) is 0.406. The summed E-state index contributed by atoms with van der Waals surface area (Å²) in [6, 6.07) is 10.8. The zero-order valence-corrected chi connectivity index (χ0v) is 22.0. The first-order valence-electron chi connectivity index (χ1n) is 12.9. The Morgan fingerprint density at radius 2 is 1.89 bits per heavy atom. The second-order valence-corrected chi connectivity index (χ2v) is 10.0. The summed E-state index contributed by atoms with van der Waals surface area (Å²) in [6.07, 6.45) is 5.93. The Kier molecular flexibility index (Phi) is 9.15. The zero-order valence-electron chi connectivity index (χ0n) is 21.3. The number of piperidine rings is 1. The number of ether oxygens (including phenoxy) is 3. The maximum Gasteiger partial charge on any atom is 0.119 e. The molecule has 7 heteroatoms. The third-order valence-electron chi connectivity index (χ3n) is 7.30. The first-order valence-corrected chi connectivity index (χ1v) is 13.2. The number of rotatable bonds is 10. The molecule has 2 aliphatic heterocycles. The lowest BCUT2D eigenvalue weighted by atomic mass is 10.0. The molecule has 2 saturated heterocycles. The van der Waals surface area contributed by atoms with Crippen molar-refractivity contribution in [2.75, 3.05) is 49.8 Å². The van der Waals surface area contributed by atoms with E-state index >= 15 is 0 Å². The number of pyridine rings is 1. The van der Waals surface area contributed by atoms with Crippen LogP contribution in [0.4, 0.5) is 11.4 Å². The molecule has 4 rings (SSSR count). The lowest BCUT2D eigenvalue weighted by Gasteiger charge is -2.34. The Hall–Kier alpha value is -2.02. The van der Waals surface area contributed by atoms with E-state index in [2.05, 4.69) is 65.9 Å². The number of nitrogens with zero attached hydrogens (tertiary/aromatic N) is 3. The van der Waals surface area contributed by atoms with Crippen LogP contribution < -0.4 is 14.5 Å². The van der Waals surface area contributed by atoms with E-state index in [4.69, 9.17) is 25.8 Å². The number of halogens is 1. The number of aromatic nitrogens is 1. The topological polar surface area (TPSA) is 47.1 Å². The number of hydrogen-bond acceptors (Lipinski definition) is 6. The minimum absolute atomic E-state index is 0.187. The van der Waals surface area contributed by atoms with Crippen LogP contribution in [0.5, 0.6) is 5.75 Å². The summed E-state index contributed by atoms with van der Waals surface area (Å²) in [4.78, 5) is 9.08. The molecule has 0 N–H and O–H groups in total. The van der Waals surface area contributed by atoms with Crippen molar-refractivity contribution in [3.8, 4) is 5.75 Å². The van der Waals surface area contributed by atoms with E-state index in [1.807, 2.05) is 0 Å². The van der Waals surface area contributed by atoms with Crippen LogP contribution in [-0.4, -0.2) is 63.2 Å². The van der Waals surface area contributed by atoms with Crippen molar-refractivity contribution in [3.63, 3.8) is 0 Å². The highest BCUT2D eigenvalue weighted by Crippen LogP contribution is 2.33. The monoisotopic (exact) mass is 500 g/mol. The maximum absolute atomic E-state index is 6.43. The Morgan fingerprint density at radius 3 is 2.57 bits per heavy atom. The van der Waals surface area contributed by atoms with Gasteiger partial charge in [-0.1, -0.05) is 25.4 Å². The van der Waals surface area contributed by atoms with Crippen LogP contribution >= 0.6 is 11.6 Å². The predicted octanol–water partition coefficient (Wildman–Crippen LogP) is 5.43. The third kappa shape index (κ3) is 6.41. The SMILES string of the molecule is [CH2][C@@H]1[C@H](C)[C@@H](OCCCOC)CN1c1ccc(OC2CCN(c3cc(CC)ncc3Cl)CC2)cc1. The van der Waals surface area contributed by atoms with Gasteiger partial charge in [-0.3, -0.25) is 4.98 Å². The summed E-state index contributed by atoms with van der Waals surface area (Å²) in [5.41, 5.74) is 3.33. The van der Waals surface area contributed by atoms with E-state index in [9.17, 15) is 0 Å². The van der Waals surface area contributed by atoms with E-state index in [0.29, 0.717) is 5.92 Å². The van der Waals surface area contributed by atoms with Crippen molar-refractivity contribution in [2.24, 2.45) is 5.92 Å². The van der Waals surface area contributed by atoms with E-state index in [1.165, 1.54) is 5.69 Å². The molecule has 2 aliphatic rings. The summed E-state index contributed by atoms with van der Waals surface area (Å²) >= 11 is 6.43. The molecule has 3 atom stereocenters. The molecule has 1 aromatic carbocycles. The molecule has 2 fully saturated rings. The smallest absolute Gasteiger partial charge is 0.119 e. The molecule has 191 valence electrons. The van der Waals surface area contributed by atoms with Gasteiger partial charge >= 0.3 is 0 Å². The van der Waals surface area contributed by atoms with Gasteiger partial charge in [-0.2, -0.15) is 0 Å². The molecule has 35 heavy (non-hydrogen) atoms. The van der Waals surface area contributed by atoms with Crippen LogP contribution in [0.25, 0.3) is 0 Å². The van der Waals surface area contributed by atoms with Gasteiger partial charge in [0.1, 0.15) is 11.9 Å². The predicted molar refractivity (Wildman–Crippen MR) is 143 cm³/mol. The minimum atomic E-state index is 0.187. The van der Waals surface area contributed by atoms with Gasteiger partial charge in [-0.15, -0.1) is 0 Å². The van der Waals surface area contributed by atoms with Crippen LogP contribution in [0, 0.1) is 12.8 Å². The zero-order chi connectivity index (χ0) is 24.8. The van der Waals surface area contributed by atoms with Crippen LogP contribution in [0.15, 0.2) is 36.5 Å². The van der Waals surface area contributed by atoms with Gasteiger partial charge in [0.05, 0.1) is 16.8 Å². The van der Waals surface area contributed by atoms with E-state index in [1.54, 1.807) is 13.3 Å². The second kappa shape index (κ2) is 12.3. The van der Waals surface area contributed by atoms with Gasteiger partial charge in [0, 0.05) is 82.3 Å². The Bertz CT molecular complexity index is 934. The van der Waals surface area contributed by atoms with Crippen molar-refractivity contribution in [3.05, 3.63) is 54.2 Å². The summed E-state index contributed by atoms with van der Waals surface area (Å²) in [7, 11) is 1.72. The fourth-order valence-corrected chi connectivity index (χ4v) is 5.22. The van der Waals surface area contributed by atoms with Gasteiger partial charge in [-0.25, -0.2) is 0 Å².